The van der Waals surface area contributed by atoms with Crippen molar-refractivity contribution in [3.05, 3.63) is 48.0 Å². The van der Waals surface area contributed by atoms with Crippen LogP contribution in [0.3, 0.4) is 0 Å². The Balaban J connectivity index is 1.31. The van der Waals surface area contributed by atoms with Crippen molar-refractivity contribution in [2.24, 2.45) is 5.92 Å². The fraction of sp³-hybridized carbons (Fsp3) is 0.455. The Bertz CT molecular complexity index is 1010. The highest BCUT2D eigenvalue weighted by Gasteiger charge is 2.34. The Kier molecular flexibility index (Phi) is 4.75. The third-order valence-electron chi connectivity index (χ3n) is 6.26. The fourth-order valence-corrected chi connectivity index (χ4v) is 4.36. The topological polar surface area (TPSA) is 78.3 Å². The first kappa shape index (κ1) is 18.2. The summed E-state index contributed by atoms with van der Waals surface area (Å²) in [7, 11) is 0. The van der Waals surface area contributed by atoms with Crippen LogP contribution in [0.4, 0.5) is 11.8 Å². The summed E-state index contributed by atoms with van der Waals surface area (Å²) in [6.45, 7) is 5.95. The van der Waals surface area contributed by atoms with Gasteiger partial charge in [-0.05, 0) is 37.3 Å². The molecule has 0 atom stereocenters. The quantitative estimate of drug-likeness (QED) is 0.733. The predicted molar refractivity (Wildman–Crippen MR) is 113 cm³/mol. The molecule has 7 heteroatoms. The van der Waals surface area contributed by atoms with E-state index in [1.165, 1.54) is 5.56 Å². The van der Waals surface area contributed by atoms with Crippen LogP contribution >= 0.6 is 0 Å². The first-order valence-electron chi connectivity index (χ1n) is 10.4. The smallest absolute Gasteiger partial charge is 0.225 e. The van der Waals surface area contributed by atoms with Gasteiger partial charge in [0.25, 0.3) is 0 Å². The van der Waals surface area contributed by atoms with Gasteiger partial charge in [0.2, 0.25) is 5.95 Å². The van der Waals surface area contributed by atoms with Gasteiger partial charge in [-0.15, -0.1) is 0 Å². The molecule has 0 amide bonds. The van der Waals surface area contributed by atoms with E-state index < -0.39 is 0 Å². The van der Waals surface area contributed by atoms with Crippen molar-refractivity contribution in [1.82, 2.24) is 19.9 Å². The predicted octanol–water partition coefficient (Wildman–Crippen LogP) is 2.54. The van der Waals surface area contributed by atoms with Gasteiger partial charge in [0.15, 0.2) is 5.82 Å². The van der Waals surface area contributed by atoms with Crippen LogP contribution in [0.25, 0.3) is 10.9 Å². The molecule has 0 aliphatic carbocycles. The number of hydrogen-bond donors (Lipinski definition) is 1. The molecule has 1 N–H and O–H groups in total. The zero-order valence-electron chi connectivity index (χ0n) is 16.7. The number of aliphatic hydroxyl groups excluding tert-OH is 1. The number of anilines is 2. The largest absolute Gasteiger partial charge is 0.396 e. The van der Waals surface area contributed by atoms with Crippen molar-refractivity contribution >= 4 is 22.7 Å². The van der Waals surface area contributed by atoms with Crippen molar-refractivity contribution in [3.8, 4) is 0 Å². The van der Waals surface area contributed by atoms with Crippen molar-refractivity contribution in [3.63, 3.8) is 0 Å². The van der Waals surface area contributed by atoms with Gasteiger partial charge >= 0.3 is 0 Å². The van der Waals surface area contributed by atoms with Gasteiger partial charge in [-0.25, -0.2) is 15.0 Å². The molecule has 0 unspecified atom stereocenters. The van der Waals surface area contributed by atoms with E-state index in [1.54, 1.807) is 12.4 Å². The van der Waals surface area contributed by atoms with Gasteiger partial charge in [-0.2, -0.15) is 0 Å². The molecule has 2 aliphatic heterocycles. The molecule has 2 fully saturated rings. The summed E-state index contributed by atoms with van der Waals surface area (Å²) in [5.41, 5.74) is 3.26. The van der Waals surface area contributed by atoms with Crippen LogP contribution in [-0.4, -0.2) is 57.8 Å². The van der Waals surface area contributed by atoms with Crippen LogP contribution in [-0.2, 0) is 0 Å². The molecule has 0 saturated carbocycles. The van der Waals surface area contributed by atoms with E-state index in [0.29, 0.717) is 11.8 Å². The second kappa shape index (κ2) is 7.55. The Morgan fingerprint density at radius 3 is 2.62 bits per heavy atom. The lowest BCUT2D eigenvalue weighted by molar-refractivity contribution is 0.202. The standard InChI is InChI=1S/C22H26N6O/c1-15-3-2-4-19-18(15)11-25-22(26-19)28-12-17(13-28)20-21(24-8-7-23-20)27-9-5-16(14-29)6-10-27/h2-4,7-8,11,16-17,29H,5-6,9-10,12-14H2,1H3. The van der Waals surface area contributed by atoms with Crippen molar-refractivity contribution < 1.29 is 5.11 Å². The minimum atomic E-state index is 0.282. The molecule has 4 heterocycles. The number of benzene rings is 1. The second-order valence-corrected chi connectivity index (χ2v) is 8.16. The normalized spacial score (nSPS) is 18.3. The number of piperidine rings is 1. The van der Waals surface area contributed by atoms with Crippen LogP contribution in [0.15, 0.2) is 36.8 Å². The molecule has 0 bridgehead atoms. The summed E-state index contributed by atoms with van der Waals surface area (Å²) < 4.78 is 0. The van der Waals surface area contributed by atoms with E-state index in [-0.39, 0.29) is 6.61 Å². The van der Waals surface area contributed by atoms with Crippen molar-refractivity contribution in [2.75, 3.05) is 42.6 Å². The van der Waals surface area contributed by atoms with E-state index >= 15 is 0 Å². The Morgan fingerprint density at radius 1 is 1.03 bits per heavy atom. The maximum atomic E-state index is 9.39. The van der Waals surface area contributed by atoms with Crippen LogP contribution in [0.2, 0.25) is 0 Å². The van der Waals surface area contributed by atoms with Crippen LogP contribution in [0, 0.1) is 12.8 Å². The second-order valence-electron chi connectivity index (χ2n) is 8.16. The van der Waals surface area contributed by atoms with E-state index in [1.807, 2.05) is 18.3 Å². The number of aryl methyl sites for hydroxylation is 1. The number of hydrogen-bond acceptors (Lipinski definition) is 7. The summed E-state index contributed by atoms with van der Waals surface area (Å²) in [6.07, 6.45) is 7.51. The highest BCUT2D eigenvalue weighted by Crippen LogP contribution is 2.34. The Hall–Kier alpha value is -2.80. The Labute approximate surface area is 170 Å². The van der Waals surface area contributed by atoms with Crippen molar-refractivity contribution in [2.45, 2.75) is 25.7 Å². The average Bonchev–Trinajstić information content (AvgIpc) is 2.73. The number of aliphatic hydroxyl groups is 1. The minimum Gasteiger partial charge on any atom is -0.396 e. The van der Waals surface area contributed by atoms with Gasteiger partial charge in [0, 0.05) is 62.7 Å². The molecule has 2 aromatic heterocycles. The summed E-state index contributed by atoms with van der Waals surface area (Å²) >= 11 is 0. The molecule has 0 radical (unpaired) electrons. The van der Waals surface area contributed by atoms with Crippen molar-refractivity contribution in [1.29, 1.82) is 0 Å². The number of nitrogens with zero attached hydrogens (tertiary/aromatic N) is 6. The molecule has 29 heavy (non-hydrogen) atoms. The van der Waals surface area contributed by atoms with Gasteiger partial charge in [-0.1, -0.05) is 12.1 Å². The number of aromatic nitrogens is 4. The SMILES string of the molecule is Cc1cccc2nc(N3CC(c4nccnc4N4CCC(CO)CC4)C3)ncc12. The summed E-state index contributed by atoms with van der Waals surface area (Å²) in [5, 5.41) is 10.5. The highest BCUT2D eigenvalue weighted by atomic mass is 16.3. The molecule has 2 saturated heterocycles. The molecule has 7 nitrogen and oxygen atoms in total. The third-order valence-corrected chi connectivity index (χ3v) is 6.26. The van der Waals surface area contributed by atoms with E-state index in [0.717, 1.165) is 67.4 Å². The molecule has 2 aliphatic rings. The van der Waals surface area contributed by atoms with Gasteiger partial charge in [0.1, 0.15) is 0 Å². The Morgan fingerprint density at radius 2 is 1.83 bits per heavy atom. The zero-order chi connectivity index (χ0) is 19.8. The first-order valence-corrected chi connectivity index (χ1v) is 10.4. The lowest BCUT2D eigenvalue weighted by Gasteiger charge is -2.41. The van der Waals surface area contributed by atoms with Crippen LogP contribution in [0.1, 0.15) is 30.0 Å². The average molecular weight is 390 g/mol. The maximum Gasteiger partial charge on any atom is 0.225 e. The van der Waals surface area contributed by atoms with E-state index in [9.17, 15) is 5.11 Å². The molecular weight excluding hydrogens is 364 g/mol. The molecular formula is C22H26N6O. The van der Waals surface area contributed by atoms with Gasteiger partial charge in [-0.3, -0.25) is 4.98 Å². The highest BCUT2D eigenvalue weighted by molar-refractivity contribution is 5.82. The first-order chi connectivity index (χ1) is 14.2. The van der Waals surface area contributed by atoms with Gasteiger partial charge in [0.05, 0.1) is 11.2 Å². The fourth-order valence-electron chi connectivity index (χ4n) is 4.36. The maximum absolute atomic E-state index is 9.39. The number of fused-ring (bicyclic) bond motifs is 1. The monoisotopic (exact) mass is 390 g/mol. The number of rotatable bonds is 4. The zero-order valence-corrected chi connectivity index (χ0v) is 16.7. The molecule has 150 valence electrons. The molecule has 3 aromatic rings. The summed E-state index contributed by atoms with van der Waals surface area (Å²) in [4.78, 5) is 23.2. The molecule has 0 spiro atoms. The van der Waals surface area contributed by atoms with E-state index in [4.69, 9.17) is 4.98 Å². The molecule has 5 rings (SSSR count). The third kappa shape index (κ3) is 3.40. The van der Waals surface area contributed by atoms with Crippen LogP contribution < -0.4 is 9.80 Å². The summed E-state index contributed by atoms with van der Waals surface area (Å²) in [6, 6.07) is 6.17. The lowest BCUT2D eigenvalue weighted by Crippen LogP contribution is -2.47. The minimum absolute atomic E-state index is 0.282. The van der Waals surface area contributed by atoms with Gasteiger partial charge < -0.3 is 14.9 Å². The summed E-state index contributed by atoms with van der Waals surface area (Å²) in [5.74, 6) is 2.54. The van der Waals surface area contributed by atoms with Crippen LogP contribution in [0.5, 0.6) is 0 Å². The van der Waals surface area contributed by atoms with E-state index in [2.05, 4.69) is 37.7 Å². The molecule has 1 aromatic carbocycles. The lowest BCUT2D eigenvalue weighted by atomic mass is 9.94.